The fourth-order valence-electron chi connectivity index (χ4n) is 2.36. The number of rotatable bonds is 8. The van der Waals surface area contributed by atoms with Gasteiger partial charge in [-0.2, -0.15) is 0 Å². The molecule has 1 aliphatic heterocycles. The van der Waals surface area contributed by atoms with Crippen LogP contribution in [-0.4, -0.2) is 64.0 Å². The molecule has 0 radical (unpaired) electrons. The molecule has 0 amide bonds. The van der Waals surface area contributed by atoms with Gasteiger partial charge in [-0.1, -0.05) is 13.8 Å². The highest BCUT2D eigenvalue weighted by atomic mass is 16.5. The predicted octanol–water partition coefficient (Wildman–Crippen LogP) is 1.59. The summed E-state index contributed by atoms with van der Waals surface area (Å²) in [6.45, 7) is 12.5. The third-order valence-electron chi connectivity index (χ3n) is 3.27. The first kappa shape index (κ1) is 17.2. The van der Waals surface area contributed by atoms with Crippen molar-refractivity contribution in [3.8, 4) is 0 Å². The van der Waals surface area contributed by atoms with E-state index in [0.29, 0.717) is 18.4 Å². The van der Waals surface area contributed by atoms with Crippen molar-refractivity contribution < 1.29 is 9.47 Å². The van der Waals surface area contributed by atoms with Crippen LogP contribution in [0.2, 0.25) is 0 Å². The fraction of sp³-hybridized carbons (Fsp3) is 0.933. The Morgan fingerprint density at radius 2 is 2.25 bits per heavy atom. The second-order valence-electron chi connectivity index (χ2n) is 5.76. The molecule has 0 aliphatic carbocycles. The molecule has 118 valence electrons. The van der Waals surface area contributed by atoms with Crippen molar-refractivity contribution in [2.75, 3.05) is 53.1 Å². The zero-order chi connectivity index (χ0) is 14.8. The number of methoxy groups -OCH3 is 1. The molecular weight excluding hydrogens is 254 g/mol. The number of hydrogen-bond donors (Lipinski definition) is 1. The van der Waals surface area contributed by atoms with Crippen LogP contribution in [0, 0.1) is 11.8 Å². The smallest absolute Gasteiger partial charge is 0.194 e. The van der Waals surface area contributed by atoms with Crippen molar-refractivity contribution in [2.45, 2.75) is 27.2 Å². The maximum atomic E-state index is 5.57. The van der Waals surface area contributed by atoms with Crippen LogP contribution in [0.1, 0.15) is 27.2 Å². The van der Waals surface area contributed by atoms with Crippen LogP contribution in [0.5, 0.6) is 0 Å². The van der Waals surface area contributed by atoms with Crippen molar-refractivity contribution >= 4 is 5.96 Å². The van der Waals surface area contributed by atoms with E-state index in [9.17, 15) is 0 Å². The summed E-state index contributed by atoms with van der Waals surface area (Å²) in [7, 11) is 1.77. The van der Waals surface area contributed by atoms with Crippen LogP contribution in [0.4, 0.5) is 0 Å². The molecule has 1 N–H and O–H groups in total. The van der Waals surface area contributed by atoms with Gasteiger partial charge in [-0.15, -0.1) is 0 Å². The van der Waals surface area contributed by atoms with E-state index in [0.717, 1.165) is 45.4 Å². The molecule has 5 heteroatoms. The number of aliphatic imine (C=N–C) groups is 1. The second kappa shape index (κ2) is 10.00. The van der Waals surface area contributed by atoms with E-state index in [1.54, 1.807) is 7.11 Å². The van der Waals surface area contributed by atoms with E-state index >= 15 is 0 Å². The first-order chi connectivity index (χ1) is 9.67. The van der Waals surface area contributed by atoms with Gasteiger partial charge in [0, 0.05) is 39.3 Å². The molecule has 1 rings (SSSR count). The molecule has 20 heavy (non-hydrogen) atoms. The van der Waals surface area contributed by atoms with Crippen LogP contribution in [0.25, 0.3) is 0 Å². The molecule has 0 spiro atoms. The Balaban J connectivity index is 2.35. The first-order valence-electron chi connectivity index (χ1n) is 7.77. The van der Waals surface area contributed by atoms with E-state index in [4.69, 9.17) is 9.47 Å². The summed E-state index contributed by atoms with van der Waals surface area (Å²) in [5, 5.41) is 3.37. The Morgan fingerprint density at radius 3 is 2.90 bits per heavy atom. The Labute approximate surface area is 123 Å². The normalized spacial score (nSPS) is 19.9. The summed E-state index contributed by atoms with van der Waals surface area (Å²) in [5.41, 5.74) is 0. The maximum absolute atomic E-state index is 5.57. The van der Waals surface area contributed by atoms with E-state index in [2.05, 4.69) is 36.0 Å². The van der Waals surface area contributed by atoms with Crippen LogP contribution in [-0.2, 0) is 9.47 Å². The Kier molecular flexibility index (Phi) is 8.62. The standard InChI is InChI=1S/C15H31N3O2/c1-5-16-15(17-7-9-20-11-13(2)3)18-8-6-14(10-18)12-19-4/h13-14H,5-12H2,1-4H3,(H,16,17). The van der Waals surface area contributed by atoms with Crippen LogP contribution < -0.4 is 5.32 Å². The maximum Gasteiger partial charge on any atom is 0.194 e. The quantitative estimate of drug-likeness (QED) is 0.418. The third-order valence-corrected chi connectivity index (χ3v) is 3.27. The lowest BCUT2D eigenvalue weighted by atomic mass is 10.1. The number of guanidine groups is 1. The summed E-state index contributed by atoms with van der Waals surface area (Å²) in [5.74, 6) is 2.22. The van der Waals surface area contributed by atoms with Crippen molar-refractivity contribution in [2.24, 2.45) is 16.8 Å². The van der Waals surface area contributed by atoms with Gasteiger partial charge in [0.25, 0.3) is 0 Å². The highest BCUT2D eigenvalue weighted by molar-refractivity contribution is 5.80. The topological polar surface area (TPSA) is 46.1 Å². The van der Waals surface area contributed by atoms with Crippen molar-refractivity contribution in [3.63, 3.8) is 0 Å². The summed E-state index contributed by atoms with van der Waals surface area (Å²) >= 11 is 0. The van der Waals surface area contributed by atoms with E-state index in [-0.39, 0.29) is 0 Å². The number of nitrogens with one attached hydrogen (secondary N) is 1. The molecule has 0 aromatic carbocycles. The van der Waals surface area contributed by atoms with Crippen molar-refractivity contribution in [1.29, 1.82) is 0 Å². The van der Waals surface area contributed by atoms with Gasteiger partial charge in [0.15, 0.2) is 5.96 Å². The Morgan fingerprint density at radius 1 is 1.45 bits per heavy atom. The lowest BCUT2D eigenvalue weighted by Crippen LogP contribution is -2.40. The van der Waals surface area contributed by atoms with Gasteiger partial charge in [0.2, 0.25) is 0 Å². The molecule has 0 bridgehead atoms. The van der Waals surface area contributed by atoms with Gasteiger partial charge >= 0.3 is 0 Å². The fourth-order valence-corrected chi connectivity index (χ4v) is 2.36. The predicted molar refractivity (Wildman–Crippen MR) is 83.2 cm³/mol. The van der Waals surface area contributed by atoms with Gasteiger partial charge in [0.05, 0.1) is 19.8 Å². The second-order valence-corrected chi connectivity index (χ2v) is 5.76. The van der Waals surface area contributed by atoms with E-state index in [1.165, 1.54) is 6.42 Å². The van der Waals surface area contributed by atoms with Gasteiger partial charge in [0.1, 0.15) is 0 Å². The number of likely N-dealkylation sites (tertiary alicyclic amines) is 1. The Bertz CT molecular complexity index is 282. The summed E-state index contributed by atoms with van der Waals surface area (Å²) in [4.78, 5) is 6.98. The molecule has 0 aromatic rings. The highest BCUT2D eigenvalue weighted by Gasteiger charge is 2.24. The number of nitrogens with zero attached hydrogens (tertiary/aromatic N) is 2. The minimum Gasteiger partial charge on any atom is -0.384 e. The molecule has 1 saturated heterocycles. The molecule has 1 fully saturated rings. The molecule has 1 atom stereocenters. The molecule has 5 nitrogen and oxygen atoms in total. The zero-order valence-corrected chi connectivity index (χ0v) is 13.5. The largest absolute Gasteiger partial charge is 0.384 e. The summed E-state index contributed by atoms with van der Waals surface area (Å²) in [6.07, 6.45) is 1.18. The van der Waals surface area contributed by atoms with Crippen LogP contribution >= 0.6 is 0 Å². The average molecular weight is 285 g/mol. The monoisotopic (exact) mass is 285 g/mol. The van der Waals surface area contributed by atoms with Crippen molar-refractivity contribution in [1.82, 2.24) is 10.2 Å². The number of ether oxygens (including phenoxy) is 2. The minimum absolute atomic E-state index is 0.584. The lowest BCUT2D eigenvalue weighted by Gasteiger charge is -2.21. The minimum atomic E-state index is 0.584. The molecule has 1 heterocycles. The van der Waals surface area contributed by atoms with Gasteiger partial charge < -0.3 is 19.7 Å². The molecule has 1 unspecified atom stereocenters. The van der Waals surface area contributed by atoms with Crippen molar-refractivity contribution in [3.05, 3.63) is 0 Å². The molecule has 1 aliphatic rings. The zero-order valence-electron chi connectivity index (χ0n) is 13.5. The van der Waals surface area contributed by atoms with Crippen LogP contribution in [0.3, 0.4) is 0 Å². The lowest BCUT2D eigenvalue weighted by molar-refractivity contribution is 0.116. The summed E-state index contributed by atoms with van der Waals surface area (Å²) < 4.78 is 10.8. The van der Waals surface area contributed by atoms with E-state index < -0.39 is 0 Å². The van der Waals surface area contributed by atoms with Gasteiger partial charge in [-0.3, -0.25) is 4.99 Å². The summed E-state index contributed by atoms with van der Waals surface area (Å²) in [6, 6.07) is 0. The third kappa shape index (κ3) is 6.57. The number of hydrogen-bond acceptors (Lipinski definition) is 3. The molecule has 0 saturated carbocycles. The molecule has 0 aromatic heterocycles. The average Bonchev–Trinajstić information content (AvgIpc) is 2.86. The Hall–Kier alpha value is -0.810. The molecular formula is C15H31N3O2. The first-order valence-corrected chi connectivity index (χ1v) is 7.77. The highest BCUT2D eigenvalue weighted by Crippen LogP contribution is 2.16. The van der Waals surface area contributed by atoms with Gasteiger partial charge in [-0.05, 0) is 19.3 Å². The van der Waals surface area contributed by atoms with E-state index in [1.807, 2.05) is 0 Å². The van der Waals surface area contributed by atoms with Gasteiger partial charge in [-0.25, -0.2) is 0 Å². The SMILES string of the molecule is CCNC(=NCCOCC(C)C)N1CCC(COC)C1. The van der Waals surface area contributed by atoms with Crippen LogP contribution in [0.15, 0.2) is 4.99 Å².